The Morgan fingerprint density at radius 2 is 2.06 bits per heavy atom. The molecule has 2 rings (SSSR count). The van der Waals surface area contributed by atoms with Gasteiger partial charge in [-0.05, 0) is 46.1 Å². The van der Waals surface area contributed by atoms with E-state index in [1.807, 2.05) is 12.1 Å². The molecule has 0 N–H and O–H groups in total. The van der Waals surface area contributed by atoms with Crippen molar-refractivity contribution in [3.63, 3.8) is 0 Å². The fourth-order valence-electron chi connectivity index (χ4n) is 2.25. The zero-order valence-corrected chi connectivity index (χ0v) is 12.0. The number of hydrogen-bond acceptors (Lipinski definition) is 2. The molecule has 0 radical (unpaired) electrons. The summed E-state index contributed by atoms with van der Waals surface area (Å²) in [5, 5.41) is 0. The molecule has 0 aliphatic heterocycles. The summed E-state index contributed by atoms with van der Waals surface area (Å²) in [5.74, 6) is 1.42. The van der Waals surface area contributed by atoms with E-state index in [-0.39, 0.29) is 0 Å². The summed E-state index contributed by atoms with van der Waals surface area (Å²) in [5.41, 5.74) is 2.21. The second-order valence-corrected chi connectivity index (χ2v) is 5.23. The molecule has 1 heterocycles. The second kappa shape index (κ2) is 5.72. The molecule has 0 saturated carbocycles. The van der Waals surface area contributed by atoms with Gasteiger partial charge in [0.15, 0.2) is 0 Å². The highest BCUT2D eigenvalue weighted by Crippen LogP contribution is 2.24. The van der Waals surface area contributed by atoms with E-state index < -0.39 is 0 Å². The van der Waals surface area contributed by atoms with Gasteiger partial charge in [0.2, 0.25) is 0 Å². The molecule has 1 unspecified atom stereocenters. The average molecular weight is 266 g/mol. The summed E-state index contributed by atoms with van der Waals surface area (Å²) in [7, 11) is 4.20. The van der Waals surface area contributed by atoms with Gasteiger partial charge in [-0.15, -0.1) is 11.6 Å². The summed E-state index contributed by atoms with van der Waals surface area (Å²) >= 11 is 6.02. The monoisotopic (exact) mass is 265 g/mol. The van der Waals surface area contributed by atoms with E-state index in [1.54, 1.807) is 0 Å². The molecule has 0 aliphatic rings. The van der Waals surface area contributed by atoms with Crippen molar-refractivity contribution in [2.75, 3.05) is 20.6 Å². The third-order valence-corrected chi connectivity index (χ3v) is 3.46. The Kier molecular flexibility index (Phi) is 4.25. The summed E-state index contributed by atoms with van der Waals surface area (Å²) in [6.07, 6.45) is 1.09. The molecule has 1 aromatic heterocycles. The first-order valence-electron chi connectivity index (χ1n) is 6.30. The zero-order valence-electron chi connectivity index (χ0n) is 11.2. The van der Waals surface area contributed by atoms with Gasteiger partial charge in [-0.25, -0.2) is 4.98 Å². The molecule has 0 bridgehead atoms. The lowest BCUT2D eigenvalue weighted by molar-refractivity contribution is 0.358. The van der Waals surface area contributed by atoms with Crippen LogP contribution >= 0.6 is 11.6 Å². The fourth-order valence-corrected chi connectivity index (χ4v) is 2.44. The molecule has 3 nitrogen and oxygen atoms in total. The van der Waals surface area contributed by atoms with Gasteiger partial charge < -0.3 is 9.47 Å². The summed E-state index contributed by atoms with van der Waals surface area (Å²) in [6.45, 7) is 3.29. The van der Waals surface area contributed by atoms with Crippen LogP contribution in [0.3, 0.4) is 0 Å². The Labute approximate surface area is 113 Å². The Hall–Kier alpha value is -1.06. The fraction of sp³-hybridized carbons (Fsp3) is 0.500. The normalized spacial score (nSPS) is 13.4. The predicted molar refractivity (Wildman–Crippen MR) is 77.2 cm³/mol. The smallest absolute Gasteiger partial charge is 0.125 e. The highest BCUT2D eigenvalue weighted by Gasteiger charge is 2.14. The maximum Gasteiger partial charge on any atom is 0.125 e. The first kappa shape index (κ1) is 13.4. The van der Waals surface area contributed by atoms with Crippen LogP contribution in [0.4, 0.5) is 0 Å². The Morgan fingerprint density at radius 1 is 1.33 bits per heavy atom. The van der Waals surface area contributed by atoms with Crippen molar-refractivity contribution in [2.24, 2.45) is 0 Å². The number of imidazole rings is 1. The van der Waals surface area contributed by atoms with Gasteiger partial charge in [-0.2, -0.15) is 0 Å². The molecule has 1 aromatic carbocycles. The van der Waals surface area contributed by atoms with Gasteiger partial charge in [-0.1, -0.05) is 12.1 Å². The maximum absolute atomic E-state index is 6.02. The molecule has 0 aliphatic carbocycles. The molecular formula is C14H20ClN3. The van der Waals surface area contributed by atoms with Gasteiger partial charge in [0.05, 0.1) is 16.9 Å². The number of aromatic nitrogens is 2. The van der Waals surface area contributed by atoms with Gasteiger partial charge >= 0.3 is 0 Å². The number of hydrogen-bond donors (Lipinski definition) is 0. The molecule has 0 spiro atoms. The lowest BCUT2D eigenvalue weighted by Gasteiger charge is -2.19. The zero-order chi connectivity index (χ0) is 13.1. The van der Waals surface area contributed by atoms with Gasteiger partial charge in [0.25, 0.3) is 0 Å². The van der Waals surface area contributed by atoms with Crippen molar-refractivity contribution in [1.82, 2.24) is 14.5 Å². The second-order valence-electron chi connectivity index (χ2n) is 4.96. The highest BCUT2D eigenvalue weighted by molar-refractivity contribution is 6.16. The summed E-state index contributed by atoms with van der Waals surface area (Å²) < 4.78 is 2.27. The third-order valence-electron chi connectivity index (χ3n) is 3.22. The van der Waals surface area contributed by atoms with E-state index in [9.17, 15) is 0 Å². The molecule has 4 heteroatoms. The Balaban J connectivity index is 2.35. The van der Waals surface area contributed by atoms with Crippen LogP contribution in [0.1, 0.15) is 25.2 Å². The van der Waals surface area contributed by atoms with Crippen LogP contribution in [0.2, 0.25) is 0 Å². The van der Waals surface area contributed by atoms with Crippen LogP contribution in [-0.2, 0) is 5.88 Å². The Morgan fingerprint density at radius 3 is 2.72 bits per heavy atom. The van der Waals surface area contributed by atoms with E-state index in [4.69, 9.17) is 11.6 Å². The number of nitrogens with zero attached hydrogens (tertiary/aromatic N) is 3. The van der Waals surface area contributed by atoms with Crippen LogP contribution < -0.4 is 0 Å². The maximum atomic E-state index is 6.02. The molecule has 0 amide bonds. The molecule has 18 heavy (non-hydrogen) atoms. The number of halogens is 1. The quantitative estimate of drug-likeness (QED) is 0.774. The van der Waals surface area contributed by atoms with Crippen molar-refractivity contribution in [3.05, 3.63) is 30.1 Å². The average Bonchev–Trinajstić information content (AvgIpc) is 2.74. The van der Waals surface area contributed by atoms with Gasteiger partial charge in [0.1, 0.15) is 5.82 Å². The number of para-hydroxylation sites is 2. The first-order chi connectivity index (χ1) is 8.63. The lowest BCUT2D eigenvalue weighted by atomic mass is 10.2. The van der Waals surface area contributed by atoms with E-state index in [0.29, 0.717) is 11.9 Å². The first-order valence-corrected chi connectivity index (χ1v) is 6.83. The molecule has 2 aromatic rings. The van der Waals surface area contributed by atoms with Crippen LogP contribution in [0.25, 0.3) is 11.0 Å². The van der Waals surface area contributed by atoms with Crippen LogP contribution in [0.15, 0.2) is 24.3 Å². The third kappa shape index (κ3) is 2.68. The largest absolute Gasteiger partial charge is 0.324 e. The molecule has 0 fully saturated rings. The van der Waals surface area contributed by atoms with Crippen molar-refractivity contribution in [1.29, 1.82) is 0 Å². The number of benzene rings is 1. The molecule has 0 saturated heterocycles. The predicted octanol–water partition coefficient (Wildman–Crippen LogP) is 3.29. The summed E-state index contributed by atoms with van der Waals surface area (Å²) in [4.78, 5) is 6.80. The highest BCUT2D eigenvalue weighted by atomic mass is 35.5. The van der Waals surface area contributed by atoms with Crippen molar-refractivity contribution in [3.8, 4) is 0 Å². The van der Waals surface area contributed by atoms with Crippen LogP contribution in [0.5, 0.6) is 0 Å². The van der Waals surface area contributed by atoms with E-state index in [1.165, 1.54) is 5.52 Å². The SMILES string of the molecule is CC(CCN(C)C)n1c(CCl)nc2ccccc21. The number of rotatable bonds is 5. The standard InChI is InChI=1S/C14H20ClN3/c1-11(8-9-17(2)3)18-13-7-5-4-6-12(13)16-14(18)10-15/h4-7,11H,8-10H2,1-3H3. The van der Waals surface area contributed by atoms with Gasteiger partial charge in [0, 0.05) is 6.04 Å². The topological polar surface area (TPSA) is 21.1 Å². The van der Waals surface area contributed by atoms with Crippen LogP contribution in [-0.4, -0.2) is 35.1 Å². The molecule has 1 atom stereocenters. The van der Waals surface area contributed by atoms with E-state index in [0.717, 1.165) is 24.3 Å². The number of fused-ring (bicyclic) bond motifs is 1. The number of alkyl halides is 1. The Bertz CT molecular complexity index is 519. The molecule has 98 valence electrons. The van der Waals surface area contributed by atoms with Crippen LogP contribution in [0, 0.1) is 0 Å². The summed E-state index contributed by atoms with van der Waals surface area (Å²) in [6, 6.07) is 8.64. The van der Waals surface area contributed by atoms with Gasteiger partial charge in [-0.3, -0.25) is 0 Å². The minimum atomic E-state index is 0.411. The minimum absolute atomic E-state index is 0.411. The lowest BCUT2D eigenvalue weighted by Crippen LogP contribution is -2.18. The van der Waals surface area contributed by atoms with E-state index >= 15 is 0 Å². The van der Waals surface area contributed by atoms with Crippen molar-refractivity contribution in [2.45, 2.75) is 25.3 Å². The van der Waals surface area contributed by atoms with E-state index in [2.05, 4.69) is 47.6 Å². The molecular weight excluding hydrogens is 246 g/mol. The van der Waals surface area contributed by atoms with Crippen molar-refractivity contribution < 1.29 is 0 Å². The van der Waals surface area contributed by atoms with Crippen molar-refractivity contribution >= 4 is 22.6 Å². The minimum Gasteiger partial charge on any atom is -0.324 e.